The molecule has 0 heterocycles. The number of hydrogen-bond donors (Lipinski definition) is 1. The minimum Gasteiger partial charge on any atom is -0.483 e. The number of nitrogens with zero attached hydrogens (tertiary/aromatic N) is 1. The molecule has 1 aromatic carbocycles. The van der Waals surface area contributed by atoms with Gasteiger partial charge in [-0.25, -0.2) is 0 Å². The Labute approximate surface area is 107 Å². The van der Waals surface area contributed by atoms with E-state index in [4.69, 9.17) is 4.74 Å². The topological polar surface area (TPSA) is 49.8 Å². The lowest BCUT2D eigenvalue weighted by atomic mass is 10.1. The molecule has 0 radical (unpaired) electrons. The van der Waals surface area contributed by atoms with E-state index < -0.39 is 6.10 Å². The van der Waals surface area contributed by atoms with Crippen LogP contribution in [0.3, 0.4) is 0 Å². The van der Waals surface area contributed by atoms with Gasteiger partial charge in [0.2, 0.25) is 0 Å². The van der Waals surface area contributed by atoms with Gasteiger partial charge in [0, 0.05) is 18.7 Å². The Hall–Kier alpha value is -1.55. The molecule has 1 aliphatic carbocycles. The van der Waals surface area contributed by atoms with Crippen LogP contribution in [0, 0.1) is 0 Å². The SMILES string of the molecule is C[C@H](O)c1ccccc1OCC(=O)N(C)C1CC1. The molecule has 1 aliphatic rings. The standard InChI is InChI=1S/C14H19NO3/c1-10(16)12-5-3-4-6-13(12)18-9-14(17)15(2)11-7-8-11/h3-6,10-11,16H,7-9H2,1-2H3/t10-/m0/s1. The maximum atomic E-state index is 11.8. The van der Waals surface area contributed by atoms with Crippen LogP contribution in [-0.4, -0.2) is 35.6 Å². The highest BCUT2D eigenvalue weighted by molar-refractivity contribution is 5.78. The maximum absolute atomic E-state index is 11.8. The van der Waals surface area contributed by atoms with E-state index in [-0.39, 0.29) is 12.5 Å². The van der Waals surface area contributed by atoms with Gasteiger partial charge in [-0.05, 0) is 25.8 Å². The van der Waals surface area contributed by atoms with Gasteiger partial charge in [0.1, 0.15) is 5.75 Å². The Kier molecular flexibility index (Phi) is 3.87. The summed E-state index contributed by atoms with van der Waals surface area (Å²) in [5.74, 6) is 0.558. The van der Waals surface area contributed by atoms with Crippen molar-refractivity contribution in [3.8, 4) is 5.75 Å². The lowest BCUT2D eigenvalue weighted by Gasteiger charge is -2.18. The van der Waals surface area contributed by atoms with Gasteiger partial charge in [-0.1, -0.05) is 18.2 Å². The van der Waals surface area contributed by atoms with E-state index >= 15 is 0 Å². The Morgan fingerprint density at radius 1 is 1.50 bits per heavy atom. The maximum Gasteiger partial charge on any atom is 0.260 e. The van der Waals surface area contributed by atoms with Crippen molar-refractivity contribution in [3.05, 3.63) is 29.8 Å². The molecule has 0 spiro atoms. The second kappa shape index (κ2) is 5.40. The second-order valence-corrected chi connectivity index (χ2v) is 4.74. The molecule has 2 rings (SSSR count). The van der Waals surface area contributed by atoms with E-state index in [0.29, 0.717) is 17.4 Å². The van der Waals surface area contributed by atoms with Crippen molar-refractivity contribution in [1.29, 1.82) is 0 Å². The number of amides is 1. The number of likely N-dealkylation sites (N-methyl/N-ethyl adjacent to an activating group) is 1. The van der Waals surface area contributed by atoms with E-state index in [9.17, 15) is 9.90 Å². The molecule has 98 valence electrons. The molecule has 4 heteroatoms. The largest absolute Gasteiger partial charge is 0.483 e. The predicted octanol–water partition coefficient (Wildman–Crippen LogP) is 1.74. The Bertz CT molecular complexity index is 427. The third-order valence-corrected chi connectivity index (χ3v) is 3.21. The molecular formula is C14H19NO3. The molecule has 0 bridgehead atoms. The molecular weight excluding hydrogens is 230 g/mol. The van der Waals surface area contributed by atoms with Crippen molar-refractivity contribution in [2.45, 2.75) is 31.9 Å². The Morgan fingerprint density at radius 3 is 2.78 bits per heavy atom. The summed E-state index contributed by atoms with van der Waals surface area (Å²) in [6.45, 7) is 1.71. The average molecular weight is 249 g/mol. The van der Waals surface area contributed by atoms with Gasteiger partial charge in [-0.15, -0.1) is 0 Å². The van der Waals surface area contributed by atoms with Crippen LogP contribution in [0.4, 0.5) is 0 Å². The molecule has 4 nitrogen and oxygen atoms in total. The first-order valence-corrected chi connectivity index (χ1v) is 6.25. The number of aliphatic hydroxyl groups excluding tert-OH is 1. The van der Waals surface area contributed by atoms with Crippen LogP contribution in [0.5, 0.6) is 5.75 Å². The predicted molar refractivity (Wildman–Crippen MR) is 68.4 cm³/mol. The first kappa shape index (κ1) is 12.9. The number of hydrogen-bond acceptors (Lipinski definition) is 3. The monoisotopic (exact) mass is 249 g/mol. The van der Waals surface area contributed by atoms with Gasteiger partial charge < -0.3 is 14.7 Å². The highest BCUT2D eigenvalue weighted by Crippen LogP contribution is 2.26. The average Bonchev–Trinajstić information content (AvgIpc) is 3.19. The van der Waals surface area contributed by atoms with Crippen molar-refractivity contribution in [1.82, 2.24) is 4.90 Å². The Morgan fingerprint density at radius 2 is 2.17 bits per heavy atom. The summed E-state index contributed by atoms with van der Waals surface area (Å²) in [6.07, 6.45) is 1.58. The zero-order valence-electron chi connectivity index (χ0n) is 10.8. The van der Waals surface area contributed by atoms with Gasteiger partial charge in [0.25, 0.3) is 5.91 Å². The molecule has 1 amide bonds. The van der Waals surface area contributed by atoms with Crippen molar-refractivity contribution in [3.63, 3.8) is 0 Å². The zero-order chi connectivity index (χ0) is 13.1. The number of rotatable bonds is 5. The van der Waals surface area contributed by atoms with Gasteiger partial charge in [-0.2, -0.15) is 0 Å². The third kappa shape index (κ3) is 3.01. The van der Waals surface area contributed by atoms with Crippen LogP contribution in [0.15, 0.2) is 24.3 Å². The lowest BCUT2D eigenvalue weighted by molar-refractivity contribution is -0.132. The summed E-state index contributed by atoms with van der Waals surface area (Å²) in [5.41, 5.74) is 0.708. The summed E-state index contributed by atoms with van der Waals surface area (Å²) in [6, 6.07) is 7.64. The van der Waals surface area contributed by atoms with Gasteiger partial charge in [0.15, 0.2) is 6.61 Å². The molecule has 1 saturated carbocycles. The zero-order valence-corrected chi connectivity index (χ0v) is 10.8. The van der Waals surface area contributed by atoms with Crippen LogP contribution in [0.1, 0.15) is 31.4 Å². The summed E-state index contributed by atoms with van der Waals surface area (Å²) in [4.78, 5) is 13.6. The number of carbonyl (C=O) groups is 1. The number of carbonyl (C=O) groups excluding carboxylic acids is 1. The fourth-order valence-corrected chi connectivity index (χ4v) is 1.86. The number of benzene rings is 1. The fourth-order valence-electron chi connectivity index (χ4n) is 1.86. The van der Waals surface area contributed by atoms with E-state index in [2.05, 4.69) is 0 Å². The van der Waals surface area contributed by atoms with Crippen LogP contribution < -0.4 is 4.74 Å². The van der Waals surface area contributed by atoms with Crippen LogP contribution >= 0.6 is 0 Å². The lowest BCUT2D eigenvalue weighted by Crippen LogP contribution is -2.33. The summed E-state index contributed by atoms with van der Waals surface area (Å²) in [7, 11) is 1.81. The van der Waals surface area contributed by atoms with Crippen molar-refractivity contribution in [2.75, 3.05) is 13.7 Å². The van der Waals surface area contributed by atoms with Crippen molar-refractivity contribution < 1.29 is 14.6 Å². The molecule has 0 saturated heterocycles. The van der Waals surface area contributed by atoms with Gasteiger partial charge >= 0.3 is 0 Å². The van der Waals surface area contributed by atoms with E-state index in [1.165, 1.54) is 0 Å². The van der Waals surface area contributed by atoms with Crippen molar-refractivity contribution >= 4 is 5.91 Å². The van der Waals surface area contributed by atoms with E-state index in [0.717, 1.165) is 12.8 Å². The minimum atomic E-state index is -0.600. The quantitative estimate of drug-likeness (QED) is 0.864. The third-order valence-electron chi connectivity index (χ3n) is 3.21. The highest BCUT2D eigenvalue weighted by Gasteiger charge is 2.29. The molecule has 0 aliphatic heterocycles. The first-order chi connectivity index (χ1) is 8.59. The number of ether oxygens (including phenoxy) is 1. The van der Waals surface area contributed by atoms with E-state index in [1.807, 2.05) is 19.2 Å². The fraction of sp³-hybridized carbons (Fsp3) is 0.500. The Balaban J connectivity index is 1.95. The van der Waals surface area contributed by atoms with Gasteiger partial charge in [-0.3, -0.25) is 4.79 Å². The summed E-state index contributed by atoms with van der Waals surface area (Å²) >= 11 is 0. The van der Waals surface area contributed by atoms with Crippen LogP contribution in [-0.2, 0) is 4.79 Å². The minimum absolute atomic E-state index is 0.0158. The molecule has 1 aromatic rings. The highest BCUT2D eigenvalue weighted by atomic mass is 16.5. The summed E-state index contributed by atoms with van der Waals surface area (Å²) in [5, 5.41) is 9.60. The second-order valence-electron chi connectivity index (χ2n) is 4.74. The first-order valence-electron chi connectivity index (χ1n) is 6.25. The van der Waals surface area contributed by atoms with Crippen LogP contribution in [0.25, 0.3) is 0 Å². The van der Waals surface area contributed by atoms with Crippen molar-refractivity contribution in [2.24, 2.45) is 0 Å². The van der Waals surface area contributed by atoms with Crippen LogP contribution in [0.2, 0.25) is 0 Å². The molecule has 18 heavy (non-hydrogen) atoms. The molecule has 0 unspecified atom stereocenters. The van der Waals surface area contributed by atoms with Gasteiger partial charge in [0.05, 0.1) is 6.10 Å². The summed E-state index contributed by atoms with van der Waals surface area (Å²) < 4.78 is 5.51. The smallest absolute Gasteiger partial charge is 0.260 e. The molecule has 1 fully saturated rings. The number of aliphatic hydroxyl groups is 1. The molecule has 1 atom stereocenters. The molecule has 0 aromatic heterocycles. The normalized spacial score (nSPS) is 16.2. The number of para-hydroxylation sites is 1. The molecule has 1 N–H and O–H groups in total. The van der Waals surface area contributed by atoms with E-state index in [1.54, 1.807) is 24.0 Å².